The zero-order chi connectivity index (χ0) is 18.1. The van der Waals surface area contributed by atoms with E-state index in [-0.39, 0.29) is 5.91 Å². The standard InChI is InChI=1S/C20H23N3O2S/c1-13-18(19(24)21-15-6-4-3-5-7-15)26-20-22-17(12-23(13)20)14-8-10-16(25-2)11-9-14/h8-12,15H,3-7H2,1-2H3,(H,21,24). The number of rotatable bonds is 4. The van der Waals surface area contributed by atoms with Gasteiger partial charge < -0.3 is 10.1 Å². The van der Waals surface area contributed by atoms with E-state index >= 15 is 0 Å². The zero-order valence-electron chi connectivity index (χ0n) is 15.1. The summed E-state index contributed by atoms with van der Waals surface area (Å²) in [5.74, 6) is 0.864. The lowest BCUT2D eigenvalue weighted by atomic mass is 9.95. The molecule has 0 spiro atoms. The van der Waals surface area contributed by atoms with Gasteiger partial charge in [-0.2, -0.15) is 0 Å². The molecule has 4 rings (SSSR count). The first-order valence-electron chi connectivity index (χ1n) is 9.09. The van der Waals surface area contributed by atoms with Crippen molar-refractivity contribution >= 4 is 22.2 Å². The highest BCUT2D eigenvalue weighted by Crippen LogP contribution is 2.28. The molecule has 2 heterocycles. The van der Waals surface area contributed by atoms with Gasteiger partial charge in [0, 0.05) is 23.5 Å². The second-order valence-corrected chi connectivity index (χ2v) is 7.81. The van der Waals surface area contributed by atoms with Crippen LogP contribution in [0.1, 0.15) is 47.5 Å². The molecule has 0 saturated heterocycles. The Balaban J connectivity index is 1.57. The minimum Gasteiger partial charge on any atom is -0.497 e. The molecule has 1 amide bonds. The van der Waals surface area contributed by atoms with E-state index in [0.29, 0.717) is 6.04 Å². The van der Waals surface area contributed by atoms with Crippen LogP contribution in [-0.4, -0.2) is 28.4 Å². The van der Waals surface area contributed by atoms with Gasteiger partial charge in [-0.3, -0.25) is 9.20 Å². The fourth-order valence-corrected chi connectivity index (χ4v) is 4.57. The molecule has 1 N–H and O–H groups in total. The topological polar surface area (TPSA) is 55.6 Å². The summed E-state index contributed by atoms with van der Waals surface area (Å²) in [5, 5.41) is 3.20. The molecule has 0 bridgehead atoms. The second-order valence-electron chi connectivity index (χ2n) is 6.83. The highest BCUT2D eigenvalue weighted by molar-refractivity contribution is 7.19. The number of hydrogen-bond donors (Lipinski definition) is 1. The van der Waals surface area contributed by atoms with Crippen molar-refractivity contribution in [2.24, 2.45) is 0 Å². The van der Waals surface area contributed by atoms with Gasteiger partial charge in [-0.1, -0.05) is 30.6 Å². The van der Waals surface area contributed by atoms with E-state index in [2.05, 4.69) is 5.32 Å². The lowest BCUT2D eigenvalue weighted by Gasteiger charge is -2.22. The molecule has 0 radical (unpaired) electrons. The van der Waals surface area contributed by atoms with Crippen LogP contribution in [0.25, 0.3) is 16.2 Å². The van der Waals surface area contributed by atoms with Crippen LogP contribution in [-0.2, 0) is 0 Å². The first-order chi connectivity index (χ1) is 12.7. The van der Waals surface area contributed by atoms with Crippen LogP contribution in [0.3, 0.4) is 0 Å². The van der Waals surface area contributed by atoms with E-state index in [1.54, 1.807) is 7.11 Å². The van der Waals surface area contributed by atoms with Crippen molar-refractivity contribution in [3.05, 3.63) is 41.0 Å². The highest BCUT2D eigenvalue weighted by atomic mass is 32.1. The lowest BCUT2D eigenvalue weighted by molar-refractivity contribution is 0.0931. The smallest absolute Gasteiger partial charge is 0.263 e. The largest absolute Gasteiger partial charge is 0.497 e. The van der Waals surface area contributed by atoms with Gasteiger partial charge in [-0.15, -0.1) is 0 Å². The lowest BCUT2D eigenvalue weighted by Crippen LogP contribution is -2.36. The first kappa shape index (κ1) is 17.1. The number of nitrogens with one attached hydrogen (secondary N) is 1. The van der Waals surface area contributed by atoms with Crippen LogP contribution < -0.4 is 10.1 Å². The van der Waals surface area contributed by atoms with Crippen molar-refractivity contribution in [1.82, 2.24) is 14.7 Å². The van der Waals surface area contributed by atoms with E-state index in [1.807, 2.05) is 41.8 Å². The molecule has 1 aliphatic rings. The van der Waals surface area contributed by atoms with E-state index < -0.39 is 0 Å². The van der Waals surface area contributed by atoms with Crippen molar-refractivity contribution in [1.29, 1.82) is 0 Å². The molecule has 26 heavy (non-hydrogen) atoms. The minimum atomic E-state index is 0.0379. The third-order valence-electron chi connectivity index (χ3n) is 5.09. The summed E-state index contributed by atoms with van der Waals surface area (Å²) in [5.41, 5.74) is 2.89. The molecule has 5 nitrogen and oxygen atoms in total. The van der Waals surface area contributed by atoms with Gasteiger partial charge in [-0.05, 0) is 44.0 Å². The van der Waals surface area contributed by atoms with Gasteiger partial charge in [0.2, 0.25) is 0 Å². The SMILES string of the molecule is COc1ccc(-c2cn3c(C)c(C(=O)NC4CCCCC4)sc3n2)cc1. The summed E-state index contributed by atoms with van der Waals surface area (Å²) in [6.45, 7) is 1.98. The summed E-state index contributed by atoms with van der Waals surface area (Å²) in [6, 6.07) is 8.17. The summed E-state index contributed by atoms with van der Waals surface area (Å²) in [7, 11) is 1.66. The van der Waals surface area contributed by atoms with Crippen molar-refractivity contribution in [3.63, 3.8) is 0 Å². The predicted octanol–water partition coefficient (Wildman–Crippen LogP) is 4.44. The third kappa shape index (κ3) is 3.21. The summed E-state index contributed by atoms with van der Waals surface area (Å²) in [4.78, 5) is 19.0. The van der Waals surface area contributed by atoms with Crippen molar-refractivity contribution < 1.29 is 9.53 Å². The third-order valence-corrected chi connectivity index (χ3v) is 6.24. The van der Waals surface area contributed by atoms with E-state index in [0.717, 1.165) is 45.4 Å². The monoisotopic (exact) mass is 369 g/mol. The van der Waals surface area contributed by atoms with E-state index in [4.69, 9.17) is 9.72 Å². The van der Waals surface area contributed by atoms with E-state index in [9.17, 15) is 4.79 Å². The molecule has 1 aromatic carbocycles. The maximum absolute atomic E-state index is 12.7. The normalized spacial score (nSPS) is 15.3. The van der Waals surface area contributed by atoms with Crippen LogP contribution in [0.4, 0.5) is 0 Å². The van der Waals surface area contributed by atoms with Gasteiger partial charge in [0.15, 0.2) is 4.96 Å². The Labute approximate surface area is 157 Å². The molecule has 2 aromatic heterocycles. The quantitative estimate of drug-likeness (QED) is 0.739. The van der Waals surface area contributed by atoms with Crippen LogP contribution in [0.2, 0.25) is 0 Å². The number of aryl methyl sites for hydroxylation is 1. The number of hydrogen-bond acceptors (Lipinski definition) is 4. The number of benzene rings is 1. The van der Waals surface area contributed by atoms with Gasteiger partial charge in [-0.25, -0.2) is 4.98 Å². The number of fused-ring (bicyclic) bond motifs is 1. The molecule has 136 valence electrons. The Hall–Kier alpha value is -2.34. The maximum Gasteiger partial charge on any atom is 0.263 e. The Morgan fingerprint density at radius 1 is 1.23 bits per heavy atom. The summed E-state index contributed by atoms with van der Waals surface area (Å²) >= 11 is 1.46. The Kier molecular flexibility index (Phi) is 4.68. The van der Waals surface area contributed by atoms with Crippen LogP contribution in [0.15, 0.2) is 30.5 Å². The molecule has 0 aliphatic heterocycles. The van der Waals surface area contributed by atoms with Gasteiger partial charge in [0.05, 0.1) is 12.8 Å². The van der Waals surface area contributed by atoms with Gasteiger partial charge >= 0.3 is 0 Å². The summed E-state index contributed by atoms with van der Waals surface area (Å²) in [6.07, 6.45) is 7.89. The molecular formula is C20H23N3O2S. The zero-order valence-corrected chi connectivity index (χ0v) is 15.9. The average Bonchev–Trinajstić information content (AvgIpc) is 3.22. The number of methoxy groups -OCH3 is 1. The molecule has 1 saturated carbocycles. The predicted molar refractivity (Wildman–Crippen MR) is 104 cm³/mol. The number of aromatic nitrogens is 2. The number of carbonyl (C=O) groups is 1. The molecule has 0 unspecified atom stereocenters. The number of thiazole rings is 1. The fourth-order valence-electron chi connectivity index (χ4n) is 3.56. The van der Waals surface area contributed by atoms with Crippen molar-refractivity contribution in [2.45, 2.75) is 45.1 Å². The highest BCUT2D eigenvalue weighted by Gasteiger charge is 2.21. The van der Waals surface area contributed by atoms with Crippen LogP contribution in [0.5, 0.6) is 5.75 Å². The maximum atomic E-state index is 12.7. The number of imidazole rings is 1. The number of ether oxygens (including phenoxy) is 1. The Morgan fingerprint density at radius 2 is 1.96 bits per heavy atom. The first-order valence-corrected chi connectivity index (χ1v) is 9.91. The molecule has 0 atom stereocenters. The van der Waals surface area contributed by atoms with Crippen molar-refractivity contribution in [2.75, 3.05) is 7.11 Å². The van der Waals surface area contributed by atoms with Crippen molar-refractivity contribution in [3.8, 4) is 17.0 Å². The van der Waals surface area contributed by atoms with Crippen LogP contribution in [0, 0.1) is 6.92 Å². The summed E-state index contributed by atoms with van der Waals surface area (Å²) < 4.78 is 7.22. The van der Waals surface area contributed by atoms with Crippen LogP contribution >= 0.6 is 11.3 Å². The molecule has 3 aromatic rings. The Bertz CT molecular complexity index is 921. The van der Waals surface area contributed by atoms with Gasteiger partial charge in [0.1, 0.15) is 10.6 Å². The molecule has 1 fully saturated rings. The molecule has 1 aliphatic carbocycles. The molecule has 6 heteroatoms. The van der Waals surface area contributed by atoms with Gasteiger partial charge in [0.25, 0.3) is 5.91 Å². The Morgan fingerprint density at radius 3 is 2.62 bits per heavy atom. The minimum absolute atomic E-state index is 0.0379. The van der Waals surface area contributed by atoms with E-state index in [1.165, 1.54) is 30.6 Å². The number of amides is 1. The average molecular weight is 369 g/mol. The number of carbonyl (C=O) groups excluding carboxylic acids is 1. The fraction of sp³-hybridized carbons (Fsp3) is 0.400. The molecular weight excluding hydrogens is 346 g/mol. The number of nitrogens with zero attached hydrogens (tertiary/aromatic N) is 2. The second kappa shape index (κ2) is 7.11.